The van der Waals surface area contributed by atoms with Crippen molar-refractivity contribution in [3.63, 3.8) is 0 Å². The summed E-state index contributed by atoms with van der Waals surface area (Å²) in [6, 6.07) is 17.8. The molecule has 3 heteroatoms. The first-order valence-electron chi connectivity index (χ1n) is 7.77. The van der Waals surface area contributed by atoms with Crippen LogP contribution >= 0.6 is 0 Å². The molecule has 0 aromatic heterocycles. The van der Waals surface area contributed by atoms with Crippen molar-refractivity contribution in [3.05, 3.63) is 59.7 Å². The van der Waals surface area contributed by atoms with Gasteiger partial charge in [0.25, 0.3) is 5.91 Å². The van der Waals surface area contributed by atoms with Gasteiger partial charge in [-0.2, -0.15) is 5.26 Å². The fourth-order valence-electron chi connectivity index (χ4n) is 2.40. The van der Waals surface area contributed by atoms with Gasteiger partial charge < -0.3 is 5.32 Å². The Morgan fingerprint density at radius 2 is 1.70 bits per heavy atom. The first-order chi connectivity index (χ1) is 10.8. The van der Waals surface area contributed by atoms with E-state index in [1.165, 1.54) is 0 Å². The standard InChI is InChI=1S/C20H22N2O/c1-14(2)22-19(23)18-8-6-5-7-17(18)15-9-11-16(12-10-15)20(3,4)13-21/h5-12,14H,1-4H3,(H,22,23). The van der Waals surface area contributed by atoms with E-state index in [1.807, 2.05) is 76.2 Å². The molecule has 3 nitrogen and oxygen atoms in total. The molecule has 0 aliphatic rings. The van der Waals surface area contributed by atoms with Crippen LogP contribution in [-0.4, -0.2) is 11.9 Å². The van der Waals surface area contributed by atoms with Gasteiger partial charge in [-0.3, -0.25) is 4.79 Å². The summed E-state index contributed by atoms with van der Waals surface area (Å²) in [5.74, 6) is -0.0722. The van der Waals surface area contributed by atoms with Gasteiger partial charge >= 0.3 is 0 Å². The summed E-state index contributed by atoms with van der Waals surface area (Å²) < 4.78 is 0. The van der Waals surface area contributed by atoms with Gasteiger partial charge in [0.2, 0.25) is 0 Å². The van der Waals surface area contributed by atoms with Crippen LogP contribution in [0.25, 0.3) is 11.1 Å². The Hall–Kier alpha value is -2.60. The van der Waals surface area contributed by atoms with Crippen molar-refractivity contribution in [1.82, 2.24) is 5.32 Å². The Morgan fingerprint density at radius 1 is 1.09 bits per heavy atom. The summed E-state index contributed by atoms with van der Waals surface area (Å²) in [6.45, 7) is 7.68. The molecule has 0 fully saturated rings. The lowest BCUT2D eigenvalue weighted by Gasteiger charge is -2.17. The molecule has 23 heavy (non-hydrogen) atoms. The summed E-state index contributed by atoms with van der Waals surface area (Å²) in [5.41, 5.74) is 2.97. The normalized spacial score (nSPS) is 11.1. The summed E-state index contributed by atoms with van der Waals surface area (Å²) in [5, 5.41) is 12.2. The molecule has 2 rings (SSSR count). The highest BCUT2D eigenvalue weighted by molar-refractivity contribution is 6.01. The number of nitrogens with one attached hydrogen (secondary N) is 1. The molecule has 0 aliphatic heterocycles. The number of benzene rings is 2. The average Bonchev–Trinajstić information content (AvgIpc) is 2.54. The van der Waals surface area contributed by atoms with Crippen molar-refractivity contribution in [2.24, 2.45) is 0 Å². The molecule has 1 amide bonds. The topological polar surface area (TPSA) is 52.9 Å². The minimum absolute atomic E-state index is 0.0722. The van der Waals surface area contributed by atoms with Crippen molar-refractivity contribution in [3.8, 4) is 17.2 Å². The average molecular weight is 306 g/mol. The predicted molar refractivity (Wildman–Crippen MR) is 93.1 cm³/mol. The maximum Gasteiger partial charge on any atom is 0.252 e. The number of rotatable bonds is 4. The van der Waals surface area contributed by atoms with E-state index < -0.39 is 5.41 Å². The van der Waals surface area contributed by atoms with Crippen LogP contribution in [0.3, 0.4) is 0 Å². The Bertz CT molecular complexity index is 737. The van der Waals surface area contributed by atoms with Crippen LogP contribution in [0.2, 0.25) is 0 Å². The van der Waals surface area contributed by atoms with Crippen LogP contribution in [0, 0.1) is 11.3 Å². The summed E-state index contributed by atoms with van der Waals surface area (Å²) in [6.07, 6.45) is 0. The van der Waals surface area contributed by atoms with E-state index in [-0.39, 0.29) is 11.9 Å². The number of hydrogen-bond donors (Lipinski definition) is 1. The Balaban J connectivity index is 2.40. The summed E-state index contributed by atoms with van der Waals surface area (Å²) in [4.78, 5) is 12.4. The van der Waals surface area contributed by atoms with Crippen LogP contribution in [0.5, 0.6) is 0 Å². The lowest BCUT2D eigenvalue weighted by atomic mass is 9.85. The lowest BCUT2D eigenvalue weighted by Crippen LogP contribution is -2.30. The number of hydrogen-bond acceptors (Lipinski definition) is 2. The highest BCUT2D eigenvalue weighted by Gasteiger charge is 2.20. The van der Waals surface area contributed by atoms with Crippen LogP contribution in [0.15, 0.2) is 48.5 Å². The smallest absolute Gasteiger partial charge is 0.252 e. The van der Waals surface area contributed by atoms with Crippen LogP contribution in [0.1, 0.15) is 43.6 Å². The zero-order valence-corrected chi connectivity index (χ0v) is 14.1. The van der Waals surface area contributed by atoms with E-state index in [1.54, 1.807) is 0 Å². The van der Waals surface area contributed by atoms with Gasteiger partial charge in [0, 0.05) is 11.6 Å². The molecule has 118 valence electrons. The maximum absolute atomic E-state index is 12.4. The highest BCUT2D eigenvalue weighted by Crippen LogP contribution is 2.28. The van der Waals surface area contributed by atoms with Crippen molar-refractivity contribution >= 4 is 5.91 Å². The molecule has 1 N–H and O–H groups in total. The summed E-state index contributed by atoms with van der Waals surface area (Å²) in [7, 11) is 0. The molecule has 0 radical (unpaired) electrons. The second-order valence-electron chi connectivity index (χ2n) is 6.49. The fourth-order valence-corrected chi connectivity index (χ4v) is 2.40. The van der Waals surface area contributed by atoms with E-state index in [9.17, 15) is 10.1 Å². The first-order valence-corrected chi connectivity index (χ1v) is 7.77. The molecule has 2 aromatic rings. The van der Waals surface area contributed by atoms with E-state index in [0.29, 0.717) is 5.56 Å². The quantitative estimate of drug-likeness (QED) is 0.916. The minimum Gasteiger partial charge on any atom is -0.350 e. The predicted octanol–water partition coefficient (Wildman–Crippen LogP) is 4.29. The van der Waals surface area contributed by atoms with Crippen LogP contribution in [0.4, 0.5) is 0 Å². The molecule has 0 saturated heterocycles. The van der Waals surface area contributed by atoms with Crippen molar-refractivity contribution < 1.29 is 4.79 Å². The monoisotopic (exact) mass is 306 g/mol. The van der Waals surface area contributed by atoms with Crippen LogP contribution < -0.4 is 5.32 Å². The zero-order valence-electron chi connectivity index (χ0n) is 14.1. The van der Waals surface area contributed by atoms with Gasteiger partial charge in [0.05, 0.1) is 11.5 Å². The SMILES string of the molecule is CC(C)NC(=O)c1ccccc1-c1ccc(C(C)(C)C#N)cc1. The van der Waals surface area contributed by atoms with E-state index in [0.717, 1.165) is 16.7 Å². The van der Waals surface area contributed by atoms with Crippen molar-refractivity contribution in [1.29, 1.82) is 5.26 Å². The number of carbonyl (C=O) groups excluding carboxylic acids is 1. The Labute approximate surface area is 138 Å². The lowest BCUT2D eigenvalue weighted by molar-refractivity contribution is 0.0944. The number of carbonyl (C=O) groups is 1. The molecule has 0 heterocycles. The first kappa shape index (κ1) is 16.8. The molecule has 0 unspecified atom stereocenters. The number of nitriles is 1. The largest absolute Gasteiger partial charge is 0.350 e. The van der Waals surface area contributed by atoms with Crippen molar-refractivity contribution in [2.45, 2.75) is 39.2 Å². The maximum atomic E-state index is 12.4. The number of amides is 1. The second kappa shape index (κ2) is 6.66. The van der Waals surface area contributed by atoms with Gasteiger partial charge in [0.15, 0.2) is 0 Å². The third-order valence-corrected chi connectivity index (χ3v) is 3.79. The van der Waals surface area contributed by atoms with Gasteiger partial charge in [-0.25, -0.2) is 0 Å². The fraction of sp³-hybridized carbons (Fsp3) is 0.300. The third kappa shape index (κ3) is 3.78. The van der Waals surface area contributed by atoms with Gasteiger partial charge in [-0.1, -0.05) is 42.5 Å². The molecule has 0 atom stereocenters. The van der Waals surface area contributed by atoms with E-state index >= 15 is 0 Å². The van der Waals surface area contributed by atoms with Gasteiger partial charge in [-0.15, -0.1) is 0 Å². The number of nitrogens with zero attached hydrogens (tertiary/aromatic N) is 1. The zero-order chi connectivity index (χ0) is 17.0. The molecular weight excluding hydrogens is 284 g/mol. The highest BCUT2D eigenvalue weighted by atomic mass is 16.1. The molecule has 2 aromatic carbocycles. The molecular formula is C20H22N2O. The van der Waals surface area contributed by atoms with Crippen molar-refractivity contribution in [2.75, 3.05) is 0 Å². The van der Waals surface area contributed by atoms with E-state index in [2.05, 4.69) is 11.4 Å². The van der Waals surface area contributed by atoms with Gasteiger partial charge in [-0.05, 0) is 50.5 Å². The molecule has 0 bridgehead atoms. The molecule has 0 saturated carbocycles. The second-order valence-corrected chi connectivity index (χ2v) is 6.49. The van der Waals surface area contributed by atoms with Crippen LogP contribution in [-0.2, 0) is 5.41 Å². The minimum atomic E-state index is -0.521. The van der Waals surface area contributed by atoms with E-state index in [4.69, 9.17) is 0 Å². The van der Waals surface area contributed by atoms with Gasteiger partial charge in [0.1, 0.15) is 0 Å². The molecule has 0 spiro atoms. The summed E-state index contributed by atoms with van der Waals surface area (Å²) >= 11 is 0. The Kier molecular flexibility index (Phi) is 4.86. The third-order valence-electron chi connectivity index (χ3n) is 3.79. The molecule has 0 aliphatic carbocycles. The Morgan fingerprint density at radius 3 is 2.26 bits per heavy atom.